The molecule has 0 aliphatic carbocycles. The number of primary amides is 1. The summed E-state index contributed by atoms with van der Waals surface area (Å²) in [6.45, 7) is 4.15. The Morgan fingerprint density at radius 3 is 2.52 bits per heavy atom. The van der Waals surface area contributed by atoms with E-state index in [0.29, 0.717) is 13.0 Å². The molecule has 1 fully saturated rings. The number of amides is 3. The molecule has 1 unspecified atom stereocenters. The monoisotopic (exact) mass is 299 g/mol. The molecule has 0 aromatic carbocycles. The molecule has 0 bridgehead atoms. The van der Waals surface area contributed by atoms with E-state index in [1.54, 1.807) is 4.90 Å². The second kappa shape index (κ2) is 7.85. The van der Waals surface area contributed by atoms with Crippen LogP contribution in [-0.2, 0) is 9.59 Å². The van der Waals surface area contributed by atoms with Crippen LogP contribution in [0.25, 0.3) is 0 Å². The van der Waals surface area contributed by atoms with Crippen LogP contribution in [0.4, 0.5) is 4.79 Å². The van der Waals surface area contributed by atoms with Gasteiger partial charge in [0.25, 0.3) is 0 Å². The smallest absolute Gasteiger partial charge is 0.320 e. The van der Waals surface area contributed by atoms with E-state index < -0.39 is 11.9 Å². The van der Waals surface area contributed by atoms with Gasteiger partial charge >= 0.3 is 12.0 Å². The van der Waals surface area contributed by atoms with Gasteiger partial charge in [-0.3, -0.25) is 9.59 Å². The van der Waals surface area contributed by atoms with E-state index in [4.69, 9.17) is 10.8 Å². The third-order valence-electron chi connectivity index (χ3n) is 3.76. The first-order chi connectivity index (χ1) is 9.82. The van der Waals surface area contributed by atoms with E-state index >= 15 is 0 Å². The number of aliphatic carboxylic acids is 1. The molecule has 1 saturated heterocycles. The normalized spacial score (nSPS) is 18.6. The van der Waals surface area contributed by atoms with Crippen LogP contribution >= 0.6 is 0 Å². The van der Waals surface area contributed by atoms with E-state index in [-0.39, 0.29) is 31.1 Å². The Bertz CT molecular complexity index is 398. The number of carbonyl (C=O) groups is 3. The summed E-state index contributed by atoms with van der Waals surface area (Å²) in [7, 11) is 0. The highest BCUT2D eigenvalue weighted by atomic mass is 16.4. The van der Waals surface area contributed by atoms with Gasteiger partial charge in [-0.2, -0.15) is 0 Å². The molecule has 0 saturated carbocycles. The lowest BCUT2D eigenvalue weighted by molar-refractivity contribution is -0.137. The van der Waals surface area contributed by atoms with Crippen molar-refractivity contribution in [1.82, 2.24) is 9.80 Å². The molecular weight excluding hydrogens is 274 g/mol. The Morgan fingerprint density at radius 2 is 2.00 bits per heavy atom. The van der Waals surface area contributed by atoms with Gasteiger partial charge in [-0.05, 0) is 39.5 Å². The lowest BCUT2D eigenvalue weighted by Crippen LogP contribution is -2.54. The number of piperidine rings is 1. The maximum Gasteiger partial charge on any atom is 0.320 e. The molecule has 0 spiro atoms. The van der Waals surface area contributed by atoms with Gasteiger partial charge in [0, 0.05) is 25.0 Å². The number of likely N-dealkylation sites (tertiary alicyclic amines) is 1. The number of rotatable bonds is 6. The quantitative estimate of drug-likeness (QED) is 0.764. The van der Waals surface area contributed by atoms with Crippen molar-refractivity contribution >= 4 is 17.9 Å². The molecule has 120 valence electrons. The van der Waals surface area contributed by atoms with E-state index in [1.165, 1.54) is 4.90 Å². The highest BCUT2D eigenvalue weighted by molar-refractivity contribution is 5.83. The summed E-state index contributed by atoms with van der Waals surface area (Å²) in [6.07, 6.45) is 3.19. The van der Waals surface area contributed by atoms with Gasteiger partial charge in [0.05, 0.1) is 0 Å². The minimum atomic E-state index is -0.856. The highest BCUT2D eigenvalue weighted by Gasteiger charge is 2.31. The molecule has 0 aromatic rings. The highest BCUT2D eigenvalue weighted by Crippen LogP contribution is 2.23. The lowest BCUT2D eigenvalue weighted by atomic mass is 9.98. The van der Waals surface area contributed by atoms with E-state index in [1.807, 2.05) is 13.8 Å². The van der Waals surface area contributed by atoms with E-state index in [0.717, 1.165) is 19.3 Å². The summed E-state index contributed by atoms with van der Waals surface area (Å²) in [5.74, 6) is -1.40. The van der Waals surface area contributed by atoms with Gasteiger partial charge in [-0.15, -0.1) is 0 Å². The van der Waals surface area contributed by atoms with E-state index in [2.05, 4.69) is 0 Å². The zero-order valence-electron chi connectivity index (χ0n) is 12.7. The first-order valence-corrected chi connectivity index (χ1v) is 7.40. The maximum absolute atomic E-state index is 12.6. The maximum atomic E-state index is 12.6. The average Bonchev–Trinajstić information content (AvgIpc) is 2.41. The molecule has 21 heavy (non-hydrogen) atoms. The zero-order valence-corrected chi connectivity index (χ0v) is 12.7. The molecule has 1 atom stereocenters. The van der Waals surface area contributed by atoms with Crippen LogP contribution in [0.1, 0.15) is 46.0 Å². The molecule has 0 radical (unpaired) electrons. The summed E-state index contributed by atoms with van der Waals surface area (Å²) in [6, 6.07) is -0.428. The second-order valence-corrected chi connectivity index (χ2v) is 5.75. The molecule has 1 heterocycles. The molecular formula is C14H25N3O4. The number of carbonyl (C=O) groups excluding carboxylic acids is 2. The van der Waals surface area contributed by atoms with Crippen molar-refractivity contribution in [1.29, 1.82) is 0 Å². The standard InChI is InChI=1S/C14H25N3O4/c1-10(2)17(9-12(15)18)14(21)16-8-4-3-5-11(16)6-7-13(19)20/h10-11H,3-9H2,1-2H3,(H2,15,18)(H,19,20). The van der Waals surface area contributed by atoms with E-state index in [9.17, 15) is 14.4 Å². The summed E-state index contributed by atoms with van der Waals surface area (Å²) >= 11 is 0. The predicted octanol–water partition coefficient (Wildman–Crippen LogP) is 1.02. The third-order valence-corrected chi connectivity index (χ3v) is 3.76. The fourth-order valence-corrected chi connectivity index (χ4v) is 2.65. The number of nitrogens with two attached hydrogens (primary N) is 1. The largest absolute Gasteiger partial charge is 0.481 e. The molecule has 3 amide bonds. The molecule has 0 aromatic heterocycles. The van der Waals surface area contributed by atoms with Crippen LogP contribution in [-0.4, -0.2) is 58.0 Å². The summed E-state index contributed by atoms with van der Waals surface area (Å²) in [4.78, 5) is 37.6. The molecule has 3 N–H and O–H groups in total. The molecule has 1 aliphatic heterocycles. The predicted molar refractivity (Wildman–Crippen MR) is 77.6 cm³/mol. The fraction of sp³-hybridized carbons (Fsp3) is 0.786. The van der Waals surface area contributed by atoms with Gasteiger partial charge < -0.3 is 20.6 Å². The van der Waals surface area contributed by atoms with Crippen molar-refractivity contribution in [2.24, 2.45) is 5.73 Å². The van der Waals surface area contributed by atoms with Crippen LogP contribution in [0.3, 0.4) is 0 Å². The van der Waals surface area contributed by atoms with Crippen molar-refractivity contribution < 1.29 is 19.5 Å². The fourth-order valence-electron chi connectivity index (χ4n) is 2.65. The minimum absolute atomic E-state index is 0.0476. The van der Waals surface area contributed by atoms with Crippen LogP contribution in [0.15, 0.2) is 0 Å². The molecule has 1 rings (SSSR count). The summed E-state index contributed by atoms with van der Waals surface area (Å²) in [5.41, 5.74) is 5.20. The Morgan fingerprint density at radius 1 is 1.33 bits per heavy atom. The van der Waals surface area contributed by atoms with Crippen LogP contribution in [0.5, 0.6) is 0 Å². The summed E-state index contributed by atoms with van der Waals surface area (Å²) < 4.78 is 0. The Labute approximate surface area is 125 Å². The molecule has 1 aliphatic rings. The Hall–Kier alpha value is -1.79. The average molecular weight is 299 g/mol. The van der Waals surface area contributed by atoms with Gasteiger partial charge in [-0.1, -0.05) is 0 Å². The Balaban J connectivity index is 2.78. The first-order valence-electron chi connectivity index (χ1n) is 7.40. The Kier molecular flexibility index (Phi) is 6.45. The number of urea groups is 1. The van der Waals surface area contributed by atoms with Crippen molar-refractivity contribution in [3.63, 3.8) is 0 Å². The van der Waals surface area contributed by atoms with Gasteiger partial charge in [0.15, 0.2) is 0 Å². The first kappa shape index (κ1) is 17.3. The molecule has 7 heteroatoms. The number of hydrogen-bond acceptors (Lipinski definition) is 3. The molecule has 7 nitrogen and oxygen atoms in total. The topological polar surface area (TPSA) is 104 Å². The SMILES string of the molecule is CC(C)N(CC(N)=O)C(=O)N1CCCCC1CCC(=O)O. The summed E-state index contributed by atoms with van der Waals surface area (Å²) in [5, 5.41) is 8.81. The zero-order chi connectivity index (χ0) is 16.0. The minimum Gasteiger partial charge on any atom is -0.481 e. The number of hydrogen-bond donors (Lipinski definition) is 2. The number of nitrogens with zero attached hydrogens (tertiary/aromatic N) is 2. The van der Waals surface area contributed by atoms with Crippen LogP contribution in [0.2, 0.25) is 0 Å². The van der Waals surface area contributed by atoms with Gasteiger partial charge in [0.1, 0.15) is 6.54 Å². The third kappa shape index (κ3) is 5.24. The van der Waals surface area contributed by atoms with Crippen LogP contribution < -0.4 is 5.73 Å². The number of carboxylic acid groups (broad SMARTS) is 1. The van der Waals surface area contributed by atoms with Gasteiger partial charge in [-0.25, -0.2) is 4.79 Å². The van der Waals surface area contributed by atoms with Crippen molar-refractivity contribution in [3.05, 3.63) is 0 Å². The van der Waals surface area contributed by atoms with Gasteiger partial charge in [0.2, 0.25) is 5.91 Å². The number of carboxylic acids is 1. The van der Waals surface area contributed by atoms with Crippen molar-refractivity contribution in [2.75, 3.05) is 13.1 Å². The second-order valence-electron chi connectivity index (χ2n) is 5.75. The van der Waals surface area contributed by atoms with Crippen LogP contribution in [0, 0.1) is 0 Å². The van der Waals surface area contributed by atoms with Crippen molar-refractivity contribution in [2.45, 2.75) is 58.0 Å². The van der Waals surface area contributed by atoms with Crippen molar-refractivity contribution in [3.8, 4) is 0 Å². The lowest BCUT2D eigenvalue weighted by Gasteiger charge is -2.40.